The fourth-order valence-electron chi connectivity index (χ4n) is 8.06. The van der Waals surface area contributed by atoms with Gasteiger partial charge in [-0.3, -0.25) is 4.57 Å². The highest BCUT2D eigenvalue weighted by Gasteiger charge is 2.23. The molecule has 0 amide bonds. The summed E-state index contributed by atoms with van der Waals surface area (Å²) in [6, 6.07) is 67.2. The quantitative estimate of drug-likeness (QED) is 0.172. The fraction of sp³-hybridized carbons (Fsp3) is 0. The lowest BCUT2D eigenvalue weighted by Gasteiger charge is -2.12. The Morgan fingerprint density at radius 3 is 1.62 bits per heavy atom. The summed E-state index contributed by atoms with van der Waals surface area (Å²) in [6.07, 6.45) is 0. The SMILES string of the molecule is c1ccc(-c2cccc(-c3cccc(-c4nc(-c5ccccc5)nc(-n5c6ccccc6c6ccc7c(c8ccccc8n7-c7ccccc7)c65)n4)c3)n2)cc1. The van der Waals surface area contributed by atoms with E-state index in [-0.39, 0.29) is 0 Å². The Kier molecular flexibility index (Phi) is 7.38. The number of hydrogen-bond acceptors (Lipinski definition) is 4. The van der Waals surface area contributed by atoms with E-state index in [9.17, 15) is 0 Å². The molecule has 11 aromatic rings. The van der Waals surface area contributed by atoms with Gasteiger partial charge in [0.2, 0.25) is 5.95 Å². The van der Waals surface area contributed by atoms with Crippen LogP contribution in [-0.4, -0.2) is 29.1 Å². The van der Waals surface area contributed by atoms with Crippen LogP contribution in [0.1, 0.15) is 0 Å². The van der Waals surface area contributed by atoms with Crippen molar-refractivity contribution in [3.05, 3.63) is 194 Å². The Bertz CT molecular complexity index is 3240. The number of fused-ring (bicyclic) bond motifs is 7. The first-order valence-corrected chi connectivity index (χ1v) is 18.7. The van der Waals surface area contributed by atoms with E-state index in [2.05, 4.69) is 161 Å². The first kappa shape index (κ1) is 31.8. The van der Waals surface area contributed by atoms with Crippen molar-refractivity contribution >= 4 is 43.6 Å². The molecule has 4 heterocycles. The van der Waals surface area contributed by atoms with E-state index in [1.54, 1.807) is 0 Å². The lowest BCUT2D eigenvalue weighted by Crippen LogP contribution is -2.06. The van der Waals surface area contributed by atoms with Gasteiger partial charge in [-0.25, -0.2) is 9.97 Å². The molecule has 262 valence electrons. The van der Waals surface area contributed by atoms with E-state index in [1.165, 1.54) is 0 Å². The topological polar surface area (TPSA) is 61.4 Å². The molecule has 11 rings (SSSR count). The van der Waals surface area contributed by atoms with Gasteiger partial charge in [0.15, 0.2) is 11.6 Å². The smallest absolute Gasteiger partial charge is 0.238 e. The average Bonchev–Trinajstić information content (AvgIpc) is 3.80. The highest BCUT2D eigenvalue weighted by Crippen LogP contribution is 2.42. The maximum absolute atomic E-state index is 5.34. The molecule has 0 spiro atoms. The lowest BCUT2D eigenvalue weighted by molar-refractivity contribution is 0.955. The zero-order valence-corrected chi connectivity index (χ0v) is 30.2. The molecule has 56 heavy (non-hydrogen) atoms. The third-order valence-corrected chi connectivity index (χ3v) is 10.6. The van der Waals surface area contributed by atoms with E-state index >= 15 is 0 Å². The largest absolute Gasteiger partial charge is 0.309 e. The second-order valence-corrected chi connectivity index (χ2v) is 13.9. The van der Waals surface area contributed by atoms with Crippen LogP contribution in [0.25, 0.3) is 101 Å². The summed E-state index contributed by atoms with van der Waals surface area (Å²) in [5.74, 6) is 1.74. The third-order valence-electron chi connectivity index (χ3n) is 10.6. The maximum atomic E-state index is 5.34. The van der Waals surface area contributed by atoms with Crippen molar-refractivity contribution in [3.8, 4) is 56.9 Å². The van der Waals surface area contributed by atoms with Crippen LogP contribution in [-0.2, 0) is 0 Å². The third kappa shape index (κ3) is 5.19. The van der Waals surface area contributed by atoms with Gasteiger partial charge in [0.25, 0.3) is 0 Å². The van der Waals surface area contributed by atoms with Crippen molar-refractivity contribution in [3.63, 3.8) is 0 Å². The predicted octanol–water partition coefficient (Wildman–Crippen LogP) is 12.1. The summed E-state index contributed by atoms with van der Waals surface area (Å²) < 4.78 is 4.59. The second kappa shape index (κ2) is 13.0. The molecule has 0 N–H and O–H groups in total. The molecule has 0 fully saturated rings. The van der Waals surface area contributed by atoms with Gasteiger partial charge in [-0.2, -0.15) is 9.97 Å². The minimum atomic E-state index is 0.554. The van der Waals surface area contributed by atoms with Crippen LogP contribution in [0.2, 0.25) is 0 Å². The van der Waals surface area contributed by atoms with Gasteiger partial charge < -0.3 is 4.57 Å². The molecule has 0 aliphatic carbocycles. The second-order valence-electron chi connectivity index (χ2n) is 13.9. The molecule has 0 unspecified atom stereocenters. The Labute approximate surface area is 322 Å². The van der Waals surface area contributed by atoms with Gasteiger partial charge in [0.05, 0.1) is 33.5 Å². The Morgan fingerprint density at radius 1 is 0.321 bits per heavy atom. The number of benzene rings is 7. The molecule has 0 aliphatic heterocycles. The number of hydrogen-bond donors (Lipinski definition) is 0. The van der Waals surface area contributed by atoms with E-state index in [4.69, 9.17) is 19.9 Å². The zero-order chi connectivity index (χ0) is 37.0. The number of nitrogens with zero attached hydrogens (tertiary/aromatic N) is 6. The molecule has 0 aliphatic rings. The molecule has 0 atom stereocenters. The fourth-order valence-corrected chi connectivity index (χ4v) is 8.06. The van der Waals surface area contributed by atoms with Crippen LogP contribution in [0.5, 0.6) is 0 Å². The molecule has 0 saturated heterocycles. The molecule has 6 nitrogen and oxygen atoms in total. The molecule has 4 aromatic heterocycles. The van der Waals surface area contributed by atoms with E-state index < -0.39 is 0 Å². The minimum Gasteiger partial charge on any atom is -0.309 e. The van der Waals surface area contributed by atoms with Crippen molar-refractivity contribution in [2.45, 2.75) is 0 Å². The molecule has 0 bridgehead atoms. The standard InChI is InChI=1S/C50H32N6/c1-4-16-33(17-5-1)41-26-15-27-42(51-41)35-20-14-21-36(32-35)49-52-48(34-18-6-2-7-19-34)53-50(54-49)56-43-28-12-10-24-38(43)39-30-31-45-46(47(39)56)40-25-11-13-29-44(40)55(45)37-22-8-3-9-23-37/h1-32H. The number of aromatic nitrogens is 6. The lowest BCUT2D eigenvalue weighted by atomic mass is 10.1. The Morgan fingerprint density at radius 2 is 0.875 bits per heavy atom. The highest BCUT2D eigenvalue weighted by atomic mass is 15.2. The predicted molar refractivity (Wildman–Crippen MR) is 228 cm³/mol. The average molecular weight is 717 g/mol. The molecule has 0 saturated carbocycles. The van der Waals surface area contributed by atoms with E-state index in [0.717, 1.165) is 82.9 Å². The van der Waals surface area contributed by atoms with Gasteiger partial charge in [0, 0.05) is 49.5 Å². The number of para-hydroxylation sites is 3. The van der Waals surface area contributed by atoms with Gasteiger partial charge in [-0.05, 0) is 48.5 Å². The summed E-state index contributed by atoms with van der Waals surface area (Å²) in [5.41, 5.74) is 11.1. The van der Waals surface area contributed by atoms with Crippen LogP contribution < -0.4 is 0 Å². The first-order chi connectivity index (χ1) is 27.8. The van der Waals surface area contributed by atoms with Gasteiger partial charge in [-0.15, -0.1) is 0 Å². The summed E-state index contributed by atoms with van der Waals surface area (Å²) in [6.45, 7) is 0. The minimum absolute atomic E-state index is 0.554. The van der Waals surface area contributed by atoms with E-state index in [0.29, 0.717) is 17.6 Å². The first-order valence-electron chi connectivity index (χ1n) is 18.7. The normalized spacial score (nSPS) is 11.6. The molecular weight excluding hydrogens is 685 g/mol. The molecular formula is C50H32N6. The van der Waals surface area contributed by atoms with Crippen LogP contribution >= 0.6 is 0 Å². The monoisotopic (exact) mass is 716 g/mol. The summed E-state index contributed by atoms with van der Waals surface area (Å²) >= 11 is 0. The molecule has 7 aromatic carbocycles. The van der Waals surface area contributed by atoms with Gasteiger partial charge in [-0.1, -0.05) is 146 Å². The van der Waals surface area contributed by atoms with Crippen molar-refractivity contribution in [2.24, 2.45) is 0 Å². The van der Waals surface area contributed by atoms with Crippen molar-refractivity contribution in [2.75, 3.05) is 0 Å². The van der Waals surface area contributed by atoms with Crippen molar-refractivity contribution < 1.29 is 0 Å². The molecule has 6 heteroatoms. The zero-order valence-electron chi connectivity index (χ0n) is 30.2. The van der Waals surface area contributed by atoms with Crippen molar-refractivity contribution in [1.29, 1.82) is 0 Å². The van der Waals surface area contributed by atoms with Crippen molar-refractivity contribution in [1.82, 2.24) is 29.1 Å². The Balaban J connectivity index is 1.18. The van der Waals surface area contributed by atoms with Gasteiger partial charge in [0.1, 0.15) is 0 Å². The molecule has 0 radical (unpaired) electrons. The van der Waals surface area contributed by atoms with Crippen LogP contribution in [0.4, 0.5) is 0 Å². The van der Waals surface area contributed by atoms with Crippen LogP contribution in [0, 0.1) is 0 Å². The maximum Gasteiger partial charge on any atom is 0.238 e. The van der Waals surface area contributed by atoms with Crippen LogP contribution in [0.3, 0.4) is 0 Å². The van der Waals surface area contributed by atoms with Gasteiger partial charge >= 0.3 is 0 Å². The number of pyridine rings is 1. The van der Waals surface area contributed by atoms with E-state index in [1.807, 2.05) is 42.5 Å². The van der Waals surface area contributed by atoms with Crippen LogP contribution in [0.15, 0.2) is 194 Å². The summed E-state index contributed by atoms with van der Waals surface area (Å²) in [4.78, 5) is 20.8. The summed E-state index contributed by atoms with van der Waals surface area (Å²) in [7, 11) is 0. The Hall–Kier alpha value is -7.70. The summed E-state index contributed by atoms with van der Waals surface area (Å²) in [5, 5.41) is 4.58. The number of rotatable bonds is 6. The highest BCUT2D eigenvalue weighted by molar-refractivity contribution is 6.26.